The van der Waals surface area contributed by atoms with E-state index in [1.165, 1.54) is 0 Å². The van der Waals surface area contributed by atoms with E-state index in [-0.39, 0.29) is 11.6 Å². The number of hydrogen-bond acceptors (Lipinski definition) is 3. The highest BCUT2D eigenvalue weighted by molar-refractivity contribution is 5.29. The highest BCUT2D eigenvalue weighted by atomic mass is 16.5. The van der Waals surface area contributed by atoms with Crippen molar-refractivity contribution in [1.82, 2.24) is 5.32 Å². The molecule has 2 N–H and O–H groups in total. The molecule has 0 bridgehead atoms. The Bertz CT molecular complexity index is 372. The summed E-state index contributed by atoms with van der Waals surface area (Å²) in [4.78, 5) is 0. The molecule has 1 saturated heterocycles. The van der Waals surface area contributed by atoms with Gasteiger partial charge in [0.05, 0.1) is 5.60 Å². The maximum atomic E-state index is 9.44. The van der Waals surface area contributed by atoms with Crippen molar-refractivity contribution in [2.24, 2.45) is 0 Å². The minimum absolute atomic E-state index is 0.0227. The first-order valence-corrected chi connectivity index (χ1v) is 6.25. The van der Waals surface area contributed by atoms with E-state index in [9.17, 15) is 5.11 Å². The van der Waals surface area contributed by atoms with Gasteiger partial charge in [-0.05, 0) is 44.4 Å². The molecule has 0 saturated carbocycles. The van der Waals surface area contributed by atoms with E-state index in [0.29, 0.717) is 5.75 Å². The van der Waals surface area contributed by atoms with Crippen molar-refractivity contribution in [2.75, 3.05) is 13.2 Å². The van der Waals surface area contributed by atoms with Crippen LogP contribution in [-0.2, 0) is 4.74 Å². The van der Waals surface area contributed by atoms with Crippen LogP contribution < -0.4 is 5.32 Å². The number of phenols is 1. The predicted molar refractivity (Wildman–Crippen MR) is 68.1 cm³/mol. The van der Waals surface area contributed by atoms with Gasteiger partial charge in [-0.3, -0.25) is 0 Å². The summed E-state index contributed by atoms with van der Waals surface area (Å²) in [5.41, 5.74) is 1.08. The fourth-order valence-corrected chi connectivity index (χ4v) is 2.26. The molecule has 2 atom stereocenters. The normalized spacial score (nSPS) is 26.0. The zero-order valence-corrected chi connectivity index (χ0v) is 10.6. The van der Waals surface area contributed by atoms with Crippen LogP contribution in [0.15, 0.2) is 24.3 Å². The minimum atomic E-state index is -0.0227. The molecule has 1 fully saturated rings. The molecular formula is C14H21NO2. The number of nitrogens with one attached hydrogen (secondary N) is 1. The summed E-state index contributed by atoms with van der Waals surface area (Å²) in [6.45, 7) is 5.98. The Labute approximate surface area is 103 Å². The zero-order valence-electron chi connectivity index (χ0n) is 10.6. The molecule has 2 rings (SSSR count). The molecule has 0 aliphatic carbocycles. The summed E-state index contributed by atoms with van der Waals surface area (Å²) in [5.74, 6) is 0.319. The second-order valence-electron chi connectivity index (χ2n) is 5.10. The van der Waals surface area contributed by atoms with Gasteiger partial charge in [0.25, 0.3) is 0 Å². The van der Waals surface area contributed by atoms with Crippen molar-refractivity contribution in [3.8, 4) is 5.75 Å². The van der Waals surface area contributed by atoms with Crippen LogP contribution >= 0.6 is 0 Å². The summed E-state index contributed by atoms with van der Waals surface area (Å²) < 4.78 is 5.74. The number of aromatic hydroxyl groups is 1. The molecule has 1 aromatic rings. The molecule has 0 aromatic heterocycles. The topological polar surface area (TPSA) is 41.5 Å². The van der Waals surface area contributed by atoms with Crippen molar-refractivity contribution in [2.45, 2.75) is 38.3 Å². The smallest absolute Gasteiger partial charge is 0.115 e. The Kier molecular flexibility index (Phi) is 3.69. The SMILES string of the molecule is CC(NCC1(C)CCCO1)c1cccc(O)c1. The molecule has 0 amide bonds. The van der Waals surface area contributed by atoms with Crippen LogP contribution in [0.4, 0.5) is 0 Å². The monoisotopic (exact) mass is 235 g/mol. The average Bonchev–Trinajstić information content (AvgIpc) is 2.74. The third-order valence-corrected chi connectivity index (χ3v) is 3.45. The van der Waals surface area contributed by atoms with Crippen molar-refractivity contribution >= 4 is 0 Å². The van der Waals surface area contributed by atoms with Crippen LogP contribution in [0.5, 0.6) is 5.75 Å². The van der Waals surface area contributed by atoms with Gasteiger partial charge in [0, 0.05) is 19.2 Å². The molecule has 1 aromatic carbocycles. The molecule has 2 unspecified atom stereocenters. The maximum absolute atomic E-state index is 9.44. The van der Waals surface area contributed by atoms with E-state index in [1.54, 1.807) is 12.1 Å². The van der Waals surface area contributed by atoms with E-state index < -0.39 is 0 Å². The fraction of sp³-hybridized carbons (Fsp3) is 0.571. The van der Waals surface area contributed by atoms with Gasteiger partial charge < -0.3 is 15.2 Å². The molecular weight excluding hydrogens is 214 g/mol. The second-order valence-corrected chi connectivity index (χ2v) is 5.10. The Morgan fingerprint density at radius 2 is 2.35 bits per heavy atom. The van der Waals surface area contributed by atoms with Crippen LogP contribution in [0.1, 0.15) is 38.3 Å². The van der Waals surface area contributed by atoms with Gasteiger partial charge >= 0.3 is 0 Å². The Hall–Kier alpha value is -1.06. The van der Waals surface area contributed by atoms with Crippen LogP contribution in [-0.4, -0.2) is 23.9 Å². The molecule has 94 valence electrons. The summed E-state index contributed by atoms with van der Waals surface area (Å²) >= 11 is 0. The first-order valence-electron chi connectivity index (χ1n) is 6.25. The van der Waals surface area contributed by atoms with Gasteiger partial charge in [0.15, 0.2) is 0 Å². The largest absolute Gasteiger partial charge is 0.508 e. The van der Waals surface area contributed by atoms with Crippen molar-refractivity contribution in [1.29, 1.82) is 0 Å². The highest BCUT2D eigenvalue weighted by Crippen LogP contribution is 2.25. The van der Waals surface area contributed by atoms with Crippen molar-refractivity contribution < 1.29 is 9.84 Å². The Morgan fingerprint density at radius 1 is 1.53 bits per heavy atom. The van der Waals surface area contributed by atoms with E-state index >= 15 is 0 Å². The average molecular weight is 235 g/mol. The molecule has 1 heterocycles. The van der Waals surface area contributed by atoms with Gasteiger partial charge in [-0.25, -0.2) is 0 Å². The van der Waals surface area contributed by atoms with E-state index in [1.807, 2.05) is 12.1 Å². The third kappa shape index (κ3) is 3.20. The fourth-order valence-electron chi connectivity index (χ4n) is 2.26. The summed E-state index contributed by atoms with van der Waals surface area (Å²) in [5, 5.41) is 12.9. The van der Waals surface area contributed by atoms with Gasteiger partial charge in [0.2, 0.25) is 0 Å². The number of ether oxygens (including phenoxy) is 1. The Morgan fingerprint density at radius 3 is 3.00 bits per heavy atom. The van der Waals surface area contributed by atoms with Crippen LogP contribution in [0, 0.1) is 0 Å². The number of hydrogen-bond donors (Lipinski definition) is 2. The lowest BCUT2D eigenvalue weighted by molar-refractivity contribution is 0.0191. The number of phenolic OH excluding ortho intramolecular Hbond substituents is 1. The lowest BCUT2D eigenvalue weighted by Gasteiger charge is -2.26. The van der Waals surface area contributed by atoms with Crippen molar-refractivity contribution in [3.05, 3.63) is 29.8 Å². The first-order chi connectivity index (χ1) is 8.09. The van der Waals surface area contributed by atoms with E-state index in [4.69, 9.17) is 4.74 Å². The molecule has 0 spiro atoms. The number of rotatable bonds is 4. The second kappa shape index (κ2) is 5.07. The standard InChI is InChI=1S/C14H21NO2/c1-11(12-5-3-6-13(16)9-12)15-10-14(2)7-4-8-17-14/h3,5-6,9,11,15-16H,4,7-8,10H2,1-2H3. The Balaban J connectivity index is 1.91. The molecule has 3 nitrogen and oxygen atoms in total. The predicted octanol–water partition coefficient (Wildman–Crippen LogP) is 2.61. The summed E-state index contributed by atoms with van der Waals surface area (Å²) in [6.07, 6.45) is 2.27. The first kappa shape index (κ1) is 12.4. The summed E-state index contributed by atoms with van der Waals surface area (Å²) in [7, 11) is 0. The van der Waals surface area contributed by atoms with E-state index in [0.717, 1.165) is 31.6 Å². The minimum Gasteiger partial charge on any atom is -0.508 e. The van der Waals surface area contributed by atoms with Crippen LogP contribution in [0.2, 0.25) is 0 Å². The lowest BCUT2D eigenvalue weighted by atomic mass is 10.0. The van der Waals surface area contributed by atoms with E-state index in [2.05, 4.69) is 19.2 Å². The molecule has 3 heteroatoms. The molecule has 1 aliphatic heterocycles. The molecule has 0 radical (unpaired) electrons. The number of benzene rings is 1. The van der Waals surface area contributed by atoms with Crippen LogP contribution in [0.25, 0.3) is 0 Å². The highest BCUT2D eigenvalue weighted by Gasteiger charge is 2.29. The van der Waals surface area contributed by atoms with Gasteiger partial charge in [-0.1, -0.05) is 12.1 Å². The summed E-state index contributed by atoms with van der Waals surface area (Å²) in [6, 6.07) is 7.61. The lowest BCUT2D eigenvalue weighted by Crippen LogP contribution is -2.38. The zero-order chi connectivity index (χ0) is 12.3. The maximum Gasteiger partial charge on any atom is 0.115 e. The van der Waals surface area contributed by atoms with Crippen molar-refractivity contribution in [3.63, 3.8) is 0 Å². The third-order valence-electron chi connectivity index (χ3n) is 3.45. The van der Waals surface area contributed by atoms with Crippen LogP contribution in [0.3, 0.4) is 0 Å². The molecule has 1 aliphatic rings. The van der Waals surface area contributed by atoms with Gasteiger partial charge in [0.1, 0.15) is 5.75 Å². The molecule has 17 heavy (non-hydrogen) atoms. The van der Waals surface area contributed by atoms with Gasteiger partial charge in [-0.15, -0.1) is 0 Å². The quantitative estimate of drug-likeness (QED) is 0.843. The van der Waals surface area contributed by atoms with Gasteiger partial charge in [-0.2, -0.15) is 0 Å².